The van der Waals surface area contributed by atoms with Crippen molar-refractivity contribution >= 4 is 56.5 Å². The first-order valence-corrected chi connectivity index (χ1v) is 12.1. The van der Waals surface area contributed by atoms with Crippen molar-refractivity contribution in [2.24, 2.45) is 0 Å². The van der Waals surface area contributed by atoms with Crippen molar-refractivity contribution in [1.29, 1.82) is 0 Å². The summed E-state index contributed by atoms with van der Waals surface area (Å²) < 4.78 is 67.7. The van der Waals surface area contributed by atoms with Gasteiger partial charge in [-0.25, -0.2) is 18.4 Å². The Morgan fingerprint density at radius 1 is 1.14 bits per heavy atom. The van der Waals surface area contributed by atoms with Gasteiger partial charge in [-0.1, -0.05) is 29.3 Å². The molecule has 0 atom stereocenters. The Labute approximate surface area is 208 Å². The number of sulfonamides is 1. The second-order valence-electron chi connectivity index (χ2n) is 7.48. The summed E-state index contributed by atoms with van der Waals surface area (Å²) in [5.74, 6) is -0.420. The third-order valence-corrected chi connectivity index (χ3v) is 6.49. The summed E-state index contributed by atoms with van der Waals surface area (Å²) in [7, 11) is -4.62. The number of amides is 1. The van der Waals surface area contributed by atoms with Gasteiger partial charge in [0.05, 0.1) is 26.2 Å². The number of carbonyl (C=O) groups is 1. The van der Waals surface area contributed by atoms with Crippen molar-refractivity contribution in [2.45, 2.75) is 31.0 Å². The molecule has 0 spiro atoms. The molecule has 2 heterocycles. The van der Waals surface area contributed by atoms with Gasteiger partial charge < -0.3 is 5.73 Å². The number of anilines is 3. The number of nitrogens with zero attached hydrogens (tertiary/aromatic N) is 3. The van der Waals surface area contributed by atoms with Crippen LogP contribution in [0.25, 0.3) is 0 Å². The van der Waals surface area contributed by atoms with Gasteiger partial charge in [0.2, 0.25) is 0 Å². The third-order valence-electron chi connectivity index (χ3n) is 4.59. The lowest BCUT2D eigenvalue weighted by Gasteiger charge is -2.26. The number of hydrogen-bond acceptors (Lipinski definition) is 6. The molecular formula is C21H18Cl2F3N5O3S. The van der Waals surface area contributed by atoms with Crippen LogP contribution < -0.4 is 15.4 Å². The third kappa shape index (κ3) is 5.95. The van der Waals surface area contributed by atoms with Crippen molar-refractivity contribution in [3.05, 3.63) is 70.0 Å². The van der Waals surface area contributed by atoms with Crippen molar-refractivity contribution in [2.75, 3.05) is 15.4 Å². The molecule has 0 fully saturated rings. The highest BCUT2D eigenvalue weighted by Gasteiger charge is 2.35. The molecule has 1 aromatic carbocycles. The fourth-order valence-corrected chi connectivity index (χ4v) is 4.54. The summed E-state index contributed by atoms with van der Waals surface area (Å²) in [4.78, 5) is 22.0. The van der Waals surface area contributed by atoms with Gasteiger partial charge in [-0.3, -0.25) is 14.4 Å². The van der Waals surface area contributed by atoms with Gasteiger partial charge in [0.25, 0.3) is 15.9 Å². The molecule has 1 amide bonds. The molecule has 3 N–H and O–H groups in total. The molecule has 0 saturated carbocycles. The Kier molecular flexibility index (Phi) is 7.48. The van der Waals surface area contributed by atoms with Crippen LogP contribution in [0.1, 0.15) is 29.9 Å². The molecule has 0 bridgehead atoms. The van der Waals surface area contributed by atoms with E-state index >= 15 is 0 Å². The Bertz CT molecular complexity index is 1380. The summed E-state index contributed by atoms with van der Waals surface area (Å²) in [6, 6.07) is 7.40. The maximum atomic E-state index is 13.4. The standard InChI is InChI=1S/C21H18Cl2F3N5O3S/c1-11(2)31(18-5-3-4-17(27)29-18)20(32)19-16(8-12(22)10-28-19)30-35(33,34)13-6-7-15(23)14(9-13)21(24,25)26/h3-11,30H,1-2H3,(H2,27,29). The van der Waals surface area contributed by atoms with E-state index in [0.717, 1.165) is 24.4 Å². The second kappa shape index (κ2) is 9.88. The van der Waals surface area contributed by atoms with Gasteiger partial charge >= 0.3 is 6.18 Å². The van der Waals surface area contributed by atoms with Gasteiger partial charge in [0, 0.05) is 12.2 Å². The topological polar surface area (TPSA) is 118 Å². The molecule has 0 aliphatic carbocycles. The van der Waals surface area contributed by atoms with Crippen LogP contribution in [0.15, 0.2) is 53.6 Å². The van der Waals surface area contributed by atoms with Gasteiger partial charge in [0.1, 0.15) is 11.6 Å². The van der Waals surface area contributed by atoms with Gasteiger partial charge in [0.15, 0.2) is 5.69 Å². The fourth-order valence-electron chi connectivity index (χ4n) is 3.07. The average molecular weight is 548 g/mol. The van der Waals surface area contributed by atoms with Crippen LogP contribution in [-0.2, 0) is 16.2 Å². The van der Waals surface area contributed by atoms with E-state index in [-0.39, 0.29) is 28.0 Å². The molecule has 2 aromatic heterocycles. The summed E-state index contributed by atoms with van der Waals surface area (Å²) in [6.07, 6.45) is -3.76. The number of pyridine rings is 2. The predicted octanol–water partition coefficient (Wildman–Crippen LogP) is 5.24. The summed E-state index contributed by atoms with van der Waals surface area (Å²) >= 11 is 11.5. The van der Waals surface area contributed by atoms with Crippen LogP contribution in [0, 0.1) is 0 Å². The monoisotopic (exact) mass is 547 g/mol. The molecule has 35 heavy (non-hydrogen) atoms. The maximum Gasteiger partial charge on any atom is 0.417 e. The first-order chi connectivity index (χ1) is 16.2. The Morgan fingerprint density at radius 2 is 1.83 bits per heavy atom. The van der Waals surface area contributed by atoms with Crippen LogP contribution in [0.3, 0.4) is 0 Å². The minimum atomic E-state index is -4.89. The quantitative estimate of drug-likeness (QED) is 0.435. The number of carbonyl (C=O) groups excluding carboxylic acids is 1. The normalized spacial score (nSPS) is 12.0. The first-order valence-electron chi connectivity index (χ1n) is 9.82. The number of nitrogens with one attached hydrogen (secondary N) is 1. The van der Waals surface area contributed by atoms with E-state index in [9.17, 15) is 26.4 Å². The van der Waals surface area contributed by atoms with Crippen molar-refractivity contribution in [3.8, 4) is 0 Å². The molecule has 0 radical (unpaired) electrons. The highest BCUT2D eigenvalue weighted by atomic mass is 35.5. The first kappa shape index (κ1) is 26.5. The second-order valence-corrected chi connectivity index (χ2v) is 10.0. The number of alkyl halides is 3. The highest BCUT2D eigenvalue weighted by molar-refractivity contribution is 7.92. The highest BCUT2D eigenvalue weighted by Crippen LogP contribution is 2.36. The molecule has 3 rings (SSSR count). The summed E-state index contributed by atoms with van der Waals surface area (Å²) in [5.41, 5.74) is 3.68. The molecule has 0 aliphatic rings. The van der Waals surface area contributed by atoms with E-state index in [1.54, 1.807) is 19.9 Å². The van der Waals surface area contributed by atoms with Crippen LogP contribution in [0.2, 0.25) is 10.0 Å². The fraction of sp³-hybridized carbons (Fsp3) is 0.190. The predicted molar refractivity (Wildman–Crippen MR) is 127 cm³/mol. The number of rotatable bonds is 6. The van der Waals surface area contributed by atoms with Gasteiger partial charge in [-0.05, 0) is 50.2 Å². The zero-order valence-corrected chi connectivity index (χ0v) is 20.5. The Morgan fingerprint density at radius 3 is 2.43 bits per heavy atom. The average Bonchev–Trinajstić information content (AvgIpc) is 2.72. The Hall–Kier alpha value is -3.09. The molecule has 0 unspecified atom stereocenters. The largest absolute Gasteiger partial charge is 0.417 e. The molecular weight excluding hydrogens is 530 g/mol. The van der Waals surface area contributed by atoms with E-state index in [0.29, 0.717) is 6.07 Å². The lowest BCUT2D eigenvalue weighted by Crippen LogP contribution is -2.38. The molecule has 14 heteroatoms. The van der Waals surface area contributed by atoms with E-state index in [4.69, 9.17) is 28.9 Å². The van der Waals surface area contributed by atoms with E-state index < -0.39 is 43.6 Å². The lowest BCUT2D eigenvalue weighted by molar-refractivity contribution is -0.137. The molecule has 0 aliphatic heterocycles. The maximum absolute atomic E-state index is 13.4. The number of aromatic nitrogens is 2. The number of hydrogen-bond donors (Lipinski definition) is 2. The number of benzene rings is 1. The van der Waals surface area contributed by atoms with Crippen molar-refractivity contribution < 1.29 is 26.4 Å². The molecule has 186 valence electrons. The SMILES string of the molecule is CC(C)N(C(=O)c1ncc(Cl)cc1NS(=O)(=O)c1ccc(Cl)c(C(F)(F)F)c1)c1cccc(N)n1. The minimum Gasteiger partial charge on any atom is -0.384 e. The van der Waals surface area contributed by atoms with E-state index in [1.165, 1.54) is 17.0 Å². The molecule has 0 saturated heterocycles. The van der Waals surface area contributed by atoms with E-state index in [2.05, 4.69) is 14.7 Å². The zero-order chi connectivity index (χ0) is 26.1. The van der Waals surface area contributed by atoms with Crippen LogP contribution >= 0.6 is 23.2 Å². The minimum absolute atomic E-state index is 0.0236. The van der Waals surface area contributed by atoms with Crippen LogP contribution in [0.5, 0.6) is 0 Å². The molecule has 3 aromatic rings. The summed E-state index contributed by atoms with van der Waals surface area (Å²) in [6.45, 7) is 3.38. The number of halogens is 5. The zero-order valence-electron chi connectivity index (χ0n) is 18.1. The summed E-state index contributed by atoms with van der Waals surface area (Å²) in [5, 5.41) is -0.691. The van der Waals surface area contributed by atoms with Gasteiger partial charge in [-0.15, -0.1) is 0 Å². The molecule has 8 nitrogen and oxygen atoms in total. The Balaban J connectivity index is 2.07. The number of nitrogens with two attached hydrogens (primary N) is 1. The van der Waals surface area contributed by atoms with Gasteiger partial charge in [-0.2, -0.15) is 13.2 Å². The van der Waals surface area contributed by atoms with E-state index in [1.807, 2.05) is 0 Å². The van der Waals surface area contributed by atoms with Crippen molar-refractivity contribution in [3.63, 3.8) is 0 Å². The van der Waals surface area contributed by atoms with Crippen molar-refractivity contribution in [1.82, 2.24) is 9.97 Å². The smallest absolute Gasteiger partial charge is 0.384 e. The number of nitrogen functional groups attached to an aromatic ring is 1. The lowest BCUT2D eigenvalue weighted by atomic mass is 10.2. The van der Waals surface area contributed by atoms with Crippen LogP contribution in [-0.4, -0.2) is 30.3 Å². The van der Waals surface area contributed by atoms with Crippen LogP contribution in [0.4, 0.5) is 30.5 Å².